The highest BCUT2D eigenvalue weighted by Gasteiger charge is 2.41. The number of rotatable bonds is 3. The van der Waals surface area contributed by atoms with E-state index in [9.17, 15) is 0 Å². The molecule has 0 radical (unpaired) electrons. The smallest absolute Gasteiger partial charge is 0.0583 e. The molecule has 0 spiro atoms. The van der Waals surface area contributed by atoms with E-state index in [1.807, 2.05) is 0 Å². The van der Waals surface area contributed by atoms with E-state index in [4.69, 9.17) is 0 Å². The van der Waals surface area contributed by atoms with Crippen molar-refractivity contribution in [2.75, 3.05) is 4.90 Å². The summed E-state index contributed by atoms with van der Waals surface area (Å²) in [6, 6.07) is 49.2. The summed E-state index contributed by atoms with van der Waals surface area (Å²) in [5.41, 5.74) is 15.4. The summed E-state index contributed by atoms with van der Waals surface area (Å²) in [6.07, 6.45) is 0. The maximum atomic E-state index is 2.55. The first-order valence-corrected chi connectivity index (χ1v) is 15.6. The van der Waals surface area contributed by atoms with E-state index < -0.39 is 0 Å². The Labute approximate surface area is 258 Å². The van der Waals surface area contributed by atoms with Gasteiger partial charge in [0.05, 0.1) is 16.7 Å². The third kappa shape index (κ3) is 3.20. The first kappa shape index (κ1) is 25.4. The first-order chi connectivity index (χ1) is 21.4. The van der Waals surface area contributed by atoms with Gasteiger partial charge in [-0.05, 0) is 81.9 Å². The molecule has 0 N–H and O–H groups in total. The standard InChI is InChI=1S/C42H34N2/c1-41(2)34-21-13-14-22-36(34)44-37-24-23-31-30-19-11-12-20-33(30)42(3,4)39(31)38(37)32-25-29(26-35(41)40(32)44)43(27-15-7-5-8-16-27)28-17-9-6-10-18-28/h5-26H,1-4H3. The van der Waals surface area contributed by atoms with Crippen LogP contribution in [0.2, 0.25) is 0 Å². The largest absolute Gasteiger partial charge is 0.310 e. The Balaban J connectivity index is 1.47. The summed E-state index contributed by atoms with van der Waals surface area (Å²) in [5.74, 6) is 0. The second-order valence-corrected chi connectivity index (χ2v) is 13.4. The maximum Gasteiger partial charge on any atom is 0.0583 e. The Kier molecular flexibility index (Phi) is 5.05. The van der Waals surface area contributed by atoms with Crippen LogP contribution in [0, 0.1) is 0 Å². The van der Waals surface area contributed by atoms with Crippen molar-refractivity contribution >= 4 is 38.9 Å². The molecule has 0 atom stereocenters. The lowest BCUT2D eigenvalue weighted by Crippen LogP contribution is -2.26. The monoisotopic (exact) mass is 566 g/mol. The van der Waals surface area contributed by atoms with Crippen LogP contribution in [0.3, 0.4) is 0 Å². The maximum absolute atomic E-state index is 2.55. The highest BCUT2D eigenvalue weighted by molar-refractivity contribution is 6.17. The highest BCUT2D eigenvalue weighted by Crippen LogP contribution is 2.56. The second kappa shape index (κ2) is 8.74. The molecular weight excluding hydrogens is 532 g/mol. The van der Waals surface area contributed by atoms with Crippen LogP contribution in [0.4, 0.5) is 17.1 Å². The molecule has 0 saturated heterocycles. The predicted molar refractivity (Wildman–Crippen MR) is 185 cm³/mol. The number of para-hydroxylation sites is 3. The average Bonchev–Trinajstić information content (AvgIpc) is 3.50. The zero-order chi connectivity index (χ0) is 29.8. The van der Waals surface area contributed by atoms with Crippen LogP contribution in [0.15, 0.2) is 133 Å². The minimum Gasteiger partial charge on any atom is -0.310 e. The van der Waals surface area contributed by atoms with Crippen LogP contribution < -0.4 is 4.90 Å². The van der Waals surface area contributed by atoms with Gasteiger partial charge in [0.15, 0.2) is 0 Å². The summed E-state index contributed by atoms with van der Waals surface area (Å²) >= 11 is 0. The summed E-state index contributed by atoms with van der Waals surface area (Å²) in [4.78, 5) is 2.42. The molecule has 1 aromatic heterocycles. The van der Waals surface area contributed by atoms with Crippen molar-refractivity contribution < 1.29 is 0 Å². The van der Waals surface area contributed by atoms with E-state index in [-0.39, 0.29) is 10.8 Å². The van der Waals surface area contributed by atoms with Crippen molar-refractivity contribution in [3.63, 3.8) is 0 Å². The number of nitrogens with zero attached hydrogens (tertiary/aromatic N) is 2. The van der Waals surface area contributed by atoms with Crippen LogP contribution in [0.25, 0.3) is 38.6 Å². The van der Waals surface area contributed by atoms with Gasteiger partial charge in [-0.25, -0.2) is 0 Å². The number of benzene rings is 6. The van der Waals surface area contributed by atoms with E-state index in [2.05, 4.69) is 171 Å². The fourth-order valence-corrected chi connectivity index (χ4v) is 8.29. The zero-order valence-electron chi connectivity index (χ0n) is 25.6. The van der Waals surface area contributed by atoms with Gasteiger partial charge in [0.2, 0.25) is 0 Å². The molecule has 2 heterocycles. The molecule has 1 aliphatic carbocycles. The number of fused-ring (bicyclic) bond motifs is 9. The highest BCUT2D eigenvalue weighted by atomic mass is 15.1. The quantitative estimate of drug-likeness (QED) is 0.206. The van der Waals surface area contributed by atoms with Crippen molar-refractivity contribution in [1.29, 1.82) is 0 Å². The van der Waals surface area contributed by atoms with Gasteiger partial charge >= 0.3 is 0 Å². The third-order valence-corrected chi connectivity index (χ3v) is 10.3. The van der Waals surface area contributed by atoms with E-state index in [0.29, 0.717) is 0 Å². The van der Waals surface area contributed by atoms with Crippen LogP contribution in [0.1, 0.15) is 49.9 Å². The molecule has 0 bridgehead atoms. The van der Waals surface area contributed by atoms with Gasteiger partial charge in [0, 0.05) is 38.7 Å². The molecule has 6 aromatic carbocycles. The molecule has 2 heteroatoms. The van der Waals surface area contributed by atoms with Gasteiger partial charge in [-0.3, -0.25) is 0 Å². The lowest BCUT2D eigenvalue weighted by molar-refractivity contribution is 0.630. The van der Waals surface area contributed by atoms with Gasteiger partial charge in [-0.15, -0.1) is 0 Å². The van der Waals surface area contributed by atoms with Gasteiger partial charge in [0.1, 0.15) is 0 Å². The molecule has 44 heavy (non-hydrogen) atoms. The lowest BCUT2D eigenvalue weighted by atomic mass is 9.74. The SMILES string of the molecule is CC1(C)c2ccccc2-c2ccc3c(c21)c1cc(N(c2ccccc2)c2ccccc2)cc2c1n3-c1ccccc1C2(C)C. The molecule has 0 saturated carbocycles. The topological polar surface area (TPSA) is 8.17 Å². The van der Waals surface area contributed by atoms with Crippen LogP contribution in [-0.2, 0) is 10.8 Å². The minimum absolute atomic E-state index is 0.123. The summed E-state index contributed by atoms with van der Waals surface area (Å²) in [7, 11) is 0. The fourth-order valence-electron chi connectivity index (χ4n) is 8.29. The Morgan fingerprint density at radius 2 is 1.11 bits per heavy atom. The fraction of sp³-hybridized carbons (Fsp3) is 0.143. The molecule has 212 valence electrons. The Bertz CT molecular complexity index is 2230. The minimum atomic E-state index is -0.185. The normalized spacial score (nSPS) is 15.2. The third-order valence-electron chi connectivity index (χ3n) is 10.3. The van der Waals surface area contributed by atoms with Crippen molar-refractivity contribution in [1.82, 2.24) is 4.57 Å². The number of aromatic nitrogens is 1. The second-order valence-electron chi connectivity index (χ2n) is 13.4. The molecule has 0 unspecified atom stereocenters. The zero-order valence-corrected chi connectivity index (χ0v) is 25.6. The summed E-state index contributed by atoms with van der Waals surface area (Å²) in [6.45, 7) is 9.60. The average molecular weight is 567 g/mol. The number of hydrogen-bond donors (Lipinski definition) is 0. The molecule has 0 amide bonds. The molecule has 9 rings (SSSR count). The van der Waals surface area contributed by atoms with Crippen LogP contribution in [-0.4, -0.2) is 4.57 Å². The van der Waals surface area contributed by atoms with E-state index in [1.54, 1.807) is 0 Å². The van der Waals surface area contributed by atoms with Crippen molar-refractivity contribution in [3.05, 3.63) is 156 Å². The van der Waals surface area contributed by atoms with Gasteiger partial charge in [0.25, 0.3) is 0 Å². The molecule has 1 aliphatic heterocycles. The van der Waals surface area contributed by atoms with Crippen molar-refractivity contribution in [2.24, 2.45) is 0 Å². The number of hydrogen-bond acceptors (Lipinski definition) is 1. The van der Waals surface area contributed by atoms with Gasteiger partial charge < -0.3 is 9.47 Å². The summed E-state index contributed by atoms with van der Waals surface area (Å²) in [5, 5.41) is 2.69. The van der Waals surface area contributed by atoms with Crippen LogP contribution in [0.5, 0.6) is 0 Å². The van der Waals surface area contributed by atoms with Crippen LogP contribution >= 0.6 is 0 Å². The molecular formula is C42H34N2. The van der Waals surface area contributed by atoms with Gasteiger partial charge in [-0.1, -0.05) is 113 Å². The molecule has 7 aromatic rings. The lowest BCUT2D eigenvalue weighted by Gasteiger charge is -2.36. The Morgan fingerprint density at radius 1 is 0.500 bits per heavy atom. The number of anilines is 3. The van der Waals surface area contributed by atoms with Crippen molar-refractivity contribution in [2.45, 2.75) is 38.5 Å². The van der Waals surface area contributed by atoms with Crippen molar-refractivity contribution in [3.8, 4) is 16.8 Å². The van der Waals surface area contributed by atoms with E-state index >= 15 is 0 Å². The Hall–Kier alpha value is -5.08. The molecule has 2 aliphatic rings. The van der Waals surface area contributed by atoms with Gasteiger partial charge in [-0.2, -0.15) is 0 Å². The molecule has 2 nitrogen and oxygen atoms in total. The van der Waals surface area contributed by atoms with E-state index in [1.165, 1.54) is 66.6 Å². The summed E-state index contributed by atoms with van der Waals surface area (Å²) < 4.78 is 2.55. The predicted octanol–water partition coefficient (Wildman–Crippen LogP) is 11.2. The molecule has 0 fully saturated rings. The van der Waals surface area contributed by atoms with E-state index in [0.717, 1.165) is 11.4 Å². The Morgan fingerprint density at radius 3 is 1.82 bits per heavy atom. The first-order valence-electron chi connectivity index (χ1n) is 15.6.